The number of hydrogen-bond acceptors (Lipinski definition) is 4. The number of carbonyl (C=O) groups is 2. The minimum atomic E-state index is -0.631. The molecular weight excluding hydrogens is 402 g/mol. The summed E-state index contributed by atoms with van der Waals surface area (Å²) in [5.74, 6) is -0.191. The van der Waals surface area contributed by atoms with Crippen molar-refractivity contribution in [3.63, 3.8) is 0 Å². The van der Waals surface area contributed by atoms with Gasteiger partial charge in [-0.1, -0.05) is 61.5 Å². The molecule has 0 aromatic heterocycles. The van der Waals surface area contributed by atoms with Crippen molar-refractivity contribution < 1.29 is 19.1 Å². The molecular formula is C27H27NO4. The van der Waals surface area contributed by atoms with Crippen LogP contribution in [0.3, 0.4) is 0 Å². The highest BCUT2D eigenvalue weighted by Crippen LogP contribution is 2.36. The fourth-order valence-electron chi connectivity index (χ4n) is 4.08. The van der Waals surface area contributed by atoms with Crippen LogP contribution in [0.1, 0.15) is 23.6 Å². The maximum Gasteiger partial charge on any atom is 0.329 e. The molecule has 1 fully saturated rings. The van der Waals surface area contributed by atoms with E-state index in [-0.39, 0.29) is 5.91 Å². The lowest BCUT2D eigenvalue weighted by molar-refractivity contribution is -0.152. The average Bonchev–Trinajstić information content (AvgIpc) is 2.85. The number of rotatable bonds is 8. The summed E-state index contributed by atoms with van der Waals surface area (Å²) >= 11 is 0. The Morgan fingerprint density at radius 1 is 0.906 bits per heavy atom. The van der Waals surface area contributed by atoms with Gasteiger partial charge in [0.15, 0.2) is 0 Å². The van der Waals surface area contributed by atoms with Crippen molar-refractivity contribution in [3.05, 3.63) is 95.6 Å². The third-order valence-electron chi connectivity index (χ3n) is 5.88. The van der Waals surface area contributed by atoms with E-state index < -0.39 is 17.9 Å². The van der Waals surface area contributed by atoms with Gasteiger partial charge in [-0.2, -0.15) is 0 Å². The molecule has 0 saturated carbocycles. The number of ether oxygens (including phenoxy) is 2. The van der Waals surface area contributed by atoms with E-state index in [2.05, 4.69) is 6.92 Å². The Morgan fingerprint density at radius 3 is 2.31 bits per heavy atom. The summed E-state index contributed by atoms with van der Waals surface area (Å²) < 4.78 is 10.9. The standard InChI is InChI=1S/C27H27NO4/c1-3-19-12-14-22(15-13-19)28-25(27(30)31-2)24(26(28)29)17-21-10-7-11-23(16-21)32-18-20-8-5-4-6-9-20/h4-16,24-25H,3,17-18H2,1-2H3/t24-,25-/m0/s1. The summed E-state index contributed by atoms with van der Waals surface area (Å²) in [6.07, 6.45) is 1.37. The van der Waals surface area contributed by atoms with Gasteiger partial charge >= 0.3 is 5.97 Å². The molecule has 1 aliphatic heterocycles. The van der Waals surface area contributed by atoms with Gasteiger partial charge in [-0.15, -0.1) is 0 Å². The topological polar surface area (TPSA) is 55.8 Å². The zero-order valence-electron chi connectivity index (χ0n) is 18.4. The van der Waals surface area contributed by atoms with Gasteiger partial charge in [0.25, 0.3) is 0 Å². The van der Waals surface area contributed by atoms with Crippen molar-refractivity contribution in [1.29, 1.82) is 0 Å². The van der Waals surface area contributed by atoms with Gasteiger partial charge in [-0.25, -0.2) is 4.79 Å². The molecule has 0 spiro atoms. The average molecular weight is 430 g/mol. The minimum Gasteiger partial charge on any atom is -0.489 e. The fraction of sp³-hybridized carbons (Fsp3) is 0.259. The summed E-state index contributed by atoms with van der Waals surface area (Å²) in [6, 6.07) is 24.8. The smallest absolute Gasteiger partial charge is 0.329 e. The number of methoxy groups -OCH3 is 1. The molecule has 5 heteroatoms. The lowest BCUT2D eigenvalue weighted by atomic mass is 9.81. The molecule has 0 aliphatic carbocycles. The second kappa shape index (κ2) is 9.69. The van der Waals surface area contributed by atoms with Crippen LogP contribution in [0.4, 0.5) is 5.69 Å². The van der Waals surface area contributed by atoms with Gasteiger partial charge in [0.1, 0.15) is 18.4 Å². The Bertz CT molecular complexity index is 1080. The summed E-state index contributed by atoms with van der Waals surface area (Å²) in [6.45, 7) is 2.55. The van der Waals surface area contributed by atoms with Crippen LogP contribution in [0, 0.1) is 5.92 Å². The number of anilines is 1. The number of aryl methyl sites for hydroxylation is 1. The number of benzene rings is 3. The summed E-state index contributed by atoms with van der Waals surface area (Å²) in [5.41, 5.74) is 3.94. The summed E-state index contributed by atoms with van der Waals surface area (Å²) in [7, 11) is 1.36. The molecule has 1 aliphatic rings. The van der Waals surface area contributed by atoms with Gasteiger partial charge in [0.2, 0.25) is 5.91 Å². The molecule has 1 saturated heterocycles. The van der Waals surface area contributed by atoms with Gasteiger partial charge in [-0.05, 0) is 53.8 Å². The molecule has 1 heterocycles. The first kappa shape index (κ1) is 21.6. The number of nitrogens with zero attached hydrogens (tertiary/aromatic N) is 1. The molecule has 2 atom stereocenters. The Kier molecular flexibility index (Phi) is 6.55. The maximum atomic E-state index is 13.0. The molecule has 4 rings (SSSR count). The molecule has 32 heavy (non-hydrogen) atoms. The zero-order valence-corrected chi connectivity index (χ0v) is 18.4. The number of hydrogen-bond donors (Lipinski definition) is 0. The number of esters is 1. The van der Waals surface area contributed by atoms with Crippen LogP contribution in [0.5, 0.6) is 5.75 Å². The van der Waals surface area contributed by atoms with E-state index in [1.807, 2.05) is 78.9 Å². The van der Waals surface area contributed by atoms with E-state index in [9.17, 15) is 9.59 Å². The quantitative estimate of drug-likeness (QED) is 0.389. The van der Waals surface area contributed by atoms with Gasteiger partial charge < -0.3 is 9.47 Å². The van der Waals surface area contributed by atoms with Crippen LogP contribution in [-0.2, 0) is 33.8 Å². The monoisotopic (exact) mass is 429 g/mol. The van der Waals surface area contributed by atoms with E-state index in [1.54, 1.807) is 4.90 Å². The molecule has 0 bridgehead atoms. The van der Waals surface area contributed by atoms with Crippen molar-refractivity contribution in [2.75, 3.05) is 12.0 Å². The third-order valence-corrected chi connectivity index (χ3v) is 5.88. The number of carbonyl (C=O) groups excluding carboxylic acids is 2. The molecule has 5 nitrogen and oxygen atoms in total. The van der Waals surface area contributed by atoms with Crippen LogP contribution < -0.4 is 9.64 Å². The first-order valence-corrected chi connectivity index (χ1v) is 10.9. The van der Waals surface area contributed by atoms with Crippen LogP contribution in [0.2, 0.25) is 0 Å². The number of amides is 1. The molecule has 1 amide bonds. The molecule has 0 N–H and O–H groups in total. The Labute approximate surface area is 188 Å². The Hall–Kier alpha value is -3.60. The zero-order chi connectivity index (χ0) is 22.5. The third kappa shape index (κ3) is 4.52. The highest BCUT2D eigenvalue weighted by molar-refractivity contribution is 6.10. The van der Waals surface area contributed by atoms with Crippen molar-refractivity contribution in [3.8, 4) is 5.75 Å². The second-order valence-corrected chi connectivity index (χ2v) is 7.93. The van der Waals surface area contributed by atoms with E-state index >= 15 is 0 Å². The lowest BCUT2D eigenvalue weighted by Gasteiger charge is -2.45. The van der Waals surface area contributed by atoms with Crippen molar-refractivity contribution in [2.24, 2.45) is 5.92 Å². The van der Waals surface area contributed by atoms with Crippen LogP contribution >= 0.6 is 0 Å². The van der Waals surface area contributed by atoms with Crippen LogP contribution in [0.15, 0.2) is 78.9 Å². The van der Waals surface area contributed by atoms with E-state index in [4.69, 9.17) is 9.47 Å². The first-order chi connectivity index (χ1) is 15.6. The Balaban J connectivity index is 1.48. The molecule has 164 valence electrons. The lowest BCUT2D eigenvalue weighted by Crippen LogP contribution is -2.65. The second-order valence-electron chi connectivity index (χ2n) is 7.93. The van der Waals surface area contributed by atoms with Crippen molar-refractivity contribution >= 4 is 17.6 Å². The summed E-state index contributed by atoms with van der Waals surface area (Å²) in [5, 5.41) is 0. The van der Waals surface area contributed by atoms with E-state index in [0.29, 0.717) is 13.0 Å². The predicted molar refractivity (Wildman–Crippen MR) is 124 cm³/mol. The maximum absolute atomic E-state index is 13.0. The molecule has 0 unspecified atom stereocenters. The van der Waals surface area contributed by atoms with E-state index in [1.165, 1.54) is 12.7 Å². The number of β-lactam (4-membered cyclic amide) rings is 1. The van der Waals surface area contributed by atoms with Crippen molar-refractivity contribution in [2.45, 2.75) is 32.4 Å². The largest absolute Gasteiger partial charge is 0.489 e. The van der Waals surface area contributed by atoms with Gasteiger partial charge in [-0.3, -0.25) is 9.69 Å². The highest BCUT2D eigenvalue weighted by Gasteiger charge is 2.52. The fourth-order valence-corrected chi connectivity index (χ4v) is 4.08. The van der Waals surface area contributed by atoms with E-state index in [0.717, 1.165) is 29.0 Å². The molecule has 3 aromatic rings. The predicted octanol–water partition coefficient (Wildman–Crippen LogP) is 4.58. The molecule has 3 aromatic carbocycles. The summed E-state index contributed by atoms with van der Waals surface area (Å²) in [4.78, 5) is 27.1. The highest BCUT2D eigenvalue weighted by atomic mass is 16.5. The first-order valence-electron chi connectivity index (χ1n) is 10.9. The van der Waals surface area contributed by atoms with Crippen molar-refractivity contribution in [1.82, 2.24) is 0 Å². The SMILES string of the molecule is CCc1ccc(N2C(=O)[C@@H](Cc3cccc(OCc4ccccc4)c3)[C@H]2C(=O)OC)cc1. The Morgan fingerprint density at radius 2 is 1.62 bits per heavy atom. The molecule has 0 radical (unpaired) electrons. The van der Waals surface area contributed by atoms with Crippen LogP contribution in [0.25, 0.3) is 0 Å². The van der Waals surface area contributed by atoms with Gasteiger partial charge in [0.05, 0.1) is 13.0 Å². The minimum absolute atomic E-state index is 0.0692. The van der Waals surface area contributed by atoms with Gasteiger partial charge in [0, 0.05) is 5.69 Å². The normalized spacial score (nSPS) is 17.6. The van der Waals surface area contributed by atoms with Crippen LogP contribution in [-0.4, -0.2) is 25.0 Å².